The molecule has 0 saturated carbocycles. The predicted molar refractivity (Wildman–Crippen MR) is 68.1 cm³/mol. The van der Waals surface area contributed by atoms with Crippen molar-refractivity contribution in [3.8, 4) is 0 Å². The molecule has 0 heterocycles. The molecule has 0 aromatic carbocycles. The standard InChI is InChI=1S/C11H24N2OS/c1-9(12)5-4-6-11(14)13-10(2)7-8-15-3/h9-10H,4-8,12H2,1-3H3,(H,13,14). The van der Waals surface area contributed by atoms with E-state index in [1.165, 1.54) is 0 Å². The molecule has 3 nitrogen and oxygen atoms in total. The first-order chi connectivity index (χ1) is 7.06. The fraction of sp³-hybridized carbons (Fsp3) is 0.909. The molecule has 1 amide bonds. The zero-order valence-corrected chi connectivity index (χ0v) is 10.9. The van der Waals surface area contributed by atoms with E-state index in [2.05, 4.69) is 18.5 Å². The van der Waals surface area contributed by atoms with Crippen LogP contribution in [0.3, 0.4) is 0 Å². The van der Waals surface area contributed by atoms with Crippen molar-refractivity contribution < 1.29 is 4.79 Å². The van der Waals surface area contributed by atoms with Gasteiger partial charge in [-0.3, -0.25) is 4.79 Å². The van der Waals surface area contributed by atoms with Crippen molar-refractivity contribution in [1.29, 1.82) is 0 Å². The van der Waals surface area contributed by atoms with Gasteiger partial charge in [-0.05, 0) is 45.1 Å². The average Bonchev–Trinajstić information content (AvgIpc) is 2.14. The summed E-state index contributed by atoms with van der Waals surface area (Å²) in [7, 11) is 0. The van der Waals surface area contributed by atoms with Gasteiger partial charge in [0.05, 0.1) is 0 Å². The Morgan fingerprint density at radius 2 is 2.07 bits per heavy atom. The normalized spacial score (nSPS) is 14.7. The maximum Gasteiger partial charge on any atom is 0.220 e. The predicted octanol–water partition coefficient (Wildman–Crippen LogP) is 1.76. The minimum absolute atomic E-state index is 0.157. The van der Waals surface area contributed by atoms with E-state index in [-0.39, 0.29) is 11.9 Å². The van der Waals surface area contributed by atoms with Crippen LogP contribution in [-0.4, -0.2) is 30.0 Å². The monoisotopic (exact) mass is 232 g/mol. The second-order valence-electron chi connectivity index (χ2n) is 4.12. The highest BCUT2D eigenvalue weighted by Gasteiger charge is 2.06. The molecule has 3 N–H and O–H groups in total. The Kier molecular flexibility index (Phi) is 8.91. The Balaban J connectivity index is 3.46. The molecule has 0 saturated heterocycles. The first-order valence-corrected chi connectivity index (χ1v) is 6.99. The summed E-state index contributed by atoms with van der Waals surface area (Å²) in [5.74, 6) is 1.26. The number of rotatable bonds is 8. The van der Waals surface area contributed by atoms with E-state index < -0.39 is 0 Å². The molecule has 0 aromatic rings. The molecule has 0 aliphatic rings. The minimum atomic E-state index is 0.157. The van der Waals surface area contributed by atoms with Gasteiger partial charge in [-0.25, -0.2) is 0 Å². The molecule has 0 radical (unpaired) electrons. The number of thioether (sulfide) groups is 1. The number of carbonyl (C=O) groups is 1. The van der Waals surface area contributed by atoms with Crippen LogP contribution in [0.5, 0.6) is 0 Å². The van der Waals surface area contributed by atoms with Crippen molar-refractivity contribution >= 4 is 17.7 Å². The fourth-order valence-corrected chi connectivity index (χ4v) is 1.89. The Labute approximate surface area is 97.6 Å². The largest absolute Gasteiger partial charge is 0.354 e. The zero-order chi connectivity index (χ0) is 11.7. The van der Waals surface area contributed by atoms with Crippen LogP contribution >= 0.6 is 11.8 Å². The van der Waals surface area contributed by atoms with E-state index in [1.54, 1.807) is 0 Å². The lowest BCUT2D eigenvalue weighted by molar-refractivity contribution is -0.121. The number of amides is 1. The molecule has 0 bridgehead atoms. The van der Waals surface area contributed by atoms with Gasteiger partial charge in [0.15, 0.2) is 0 Å². The lowest BCUT2D eigenvalue weighted by Gasteiger charge is -2.13. The quantitative estimate of drug-likeness (QED) is 0.670. The van der Waals surface area contributed by atoms with Gasteiger partial charge < -0.3 is 11.1 Å². The van der Waals surface area contributed by atoms with Gasteiger partial charge in [0.2, 0.25) is 5.91 Å². The molecule has 0 aliphatic carbocycles. The van der Waals surface area contributed by atoms with Crippen molar-refractivity contribution in [3.05, 3.63) is 0 Å². The SMILES string of the molecule is CSCCC(C)NC(=O)CCCC(C)N. The van der Waals surface area contributed by atoms with E-state index in [0.29, 0.717) is 12.5 Å². The van der Waals surface area contributed by atoms with Gasteiger partial charge in [-0.1, -0.05) is 0 Å². The van der Waals surface area contributed by atoms with Gasteiger partial charge in [0.1, 0.15) is 0 Å². The van der Waals surface area contributed by atoms with E-state index in [0.717, 1.165) is 25.0 Å². The number of nitrogens with one attached hydrogen (secondary N) is 1. The second-order valence-corrected chi connectivity index (χ2v) is 5.11. The molecule has 2 unspecified atom stereocenters. The molecule has 0 rings (SSSR count). The van der Waals surface area contributed by atoms with Crippen LogP contribution in [0.25, 0.3) is 0 Å². The molecule has 15 heavy (non-hydrogen) atoms. The highest BCUT2D eigenvalue weighted by atomic mass is 32.2. The minimum Gasteiger partial charge on any atom is -0.354 e. The van der Waals surface area contributed by atoms with Crippen molar-refractivity contribution in [2.24, 2.45) is 5.73 Å². The van der Waals surface area contributed by atoms with Gasteiger partial charge in [0.25, 0.3) is 0 Å². The van der Waals surface area contributed by atoms with Crippen LogP contribution in [0.4, 0.5) is 0 Å². The lowest BCUT2D eigenvalue weighted by atomic mass is 10.1. The number of carbonyl (C=O) groups excluding carboxylic acids is 1. The van der Waals surface area contributed by atoms with Crippen LogP contribution in [0.1, 0.15) is 39.5 Å². The third kappa shape index (κ3) is 10.1. The van der Waals surface area contributed by atoms with Crippen LogP contribution in [-0.2, 0) is 4.79 Å². The van der Waals surface area contributed by atoms with E-state index in [9.17, 15) is 4.79 Å². The first kappa shape index (κ1) is 14.8. The Bertz CT molecular complexity index is 174. The molecule has 0 fully saturated rings. The molecular formula is C11H24N2OS. The summed E-state index contributed by atoms with van der Waals surface area (Å²) in [4.78, 5) is 11.4. The number of hydrogen-bond acceptors (Lipinski definition) is 3. The molecular weight excluding hydrogens is 208 g/mol. The summed E-state index contributed by atoms with van der Waals surface area (Å²) < 4.78 is 0. The maximum absolute atomic E-state index is 11.4. The highest BCUT2D eigenvalue weighted by Crippen LogP contribution is 2.02. The summed E-state index contributed by atoms with van der Waals surface area (Å²) in [5, 5.41) is 3.00. The van der Waals surface area contributed by atoms with Gasteiger partial charge in [0, 0.05) is 18.5 Å². The lowest BCUT2D eigenvalue weighted by Crippen LogP contribution is -2.32. The van der Waals surface area contributed by atoms with Crippen molar-refractivity contribution in [3.63, 3.8) is 0 Å². The fourth-order valence-electron chi connectivity index (χ4n) is 1.30. The molecule has 2 atom stereocenters. The molecule has 0 spiro atoms. The summed E-state index contributed by atoms with van der Waals surface area (Å²) in [6, 6.07) is 0.493. The first-order valence-electron chi connectivity index (χ1n) is 5.60. The Morgan fingerprint density at radius 1 is 1.40 bits per heavy atom. The zero-order valence-electron chi connectivity index (χ0n) is 10.1. The van der Waals surface area contributed by atoms with Crippen LogP contribution in [0, 0.1) is 0 Å². The molecule has 0 aliphatic heterocycles. The smallest absolute Gasteiger partial charge is 0.220 e. The van der Waals surface area contributed by atoms with Gasteiger partial charge in [-0.15, -0.1) is 0 Å². The summed E-state index contributed by atoms with van der Waals surface area (Å²) in [6.45, 7) is 4.03. The Hall–Kier alpha value is -0.220. The van der Waals surface area contributed by atoms with Crippen LogP contribution in [0.15, 0.2) is 0 Å². The Morgan fingerprint density at radius 3 is 2.60 bits per heavy atom. The van der Waals surface area contributed by atoms with Crippen molar-refractivity contribution in [2.45, 2.75) is 51.6 Å². The molecule has 4 heteroatoms. The highest BCUT2D eigenvalue weighted by molar-refractivity contribution is 7.98. The maximum atomic E-state index is 11.4. The number of nitrogens with two attached hydrogens (primary N) is 1. The summed E-state index contributed by atoms with van der Waals surface area (Å²) in [5.41, 5.74) is 5.61. The van der Waals surface area contributed by atoms with Gasteiger partial charge >= 0.3 is 0 Å². The van der Waals surface area contributed by atoms with E-state index in [4.69, 9.17) is 5.73 Å². The third-order valence-electron chi connectivity index (χ3n) is 2.23. The molecule has 0 aromatic heterocycles. The van der Waals surface area contributed by atoms with Crippen molar-refractivity contribution in [2.75, 3.05) is 12.0 Å². The summed E-state index contributed by atoms with van der Waals surface area (Å²) in [6.07, 6.45) is 5.54. The average molecular weight is 232 g/mol. The molecule has 90 valence electrons. The topological polar surface area (TPSA) is 55.1 Å². The van der Waals surface area contributed by atoms with E-state index >= 15 is 0 Å². The third-order valence-corrected chi connectivity index (χ3v) is 2.87. The van der Waals surface area contributed by atoms with E-state index in [1.807, 2.05) is 18.7 Å². The summed E-state index contributed by atoms with van der Waals surface area (Å²) >= 11 is 1.81. The second kappa shape index (κ2) is 9.04. The van der Waals surface area contributed by atoms with Crippen LogP contribution < -0.4 is 11.1 Å². The number of hydrogen-bond donors (Lipinski definition) is 2. The van der Waals surface area contributed by atoms with Crippen LogP contribution in [0.2, 0.25) is 0 Å². The van der Waals surface area contributed by atoms with Gasteiger partial charge in [-0.2, -0.15) is 11.8 Å². The van der Waals surface area contributed by atoms with Crippen molar-refractivity contribution in [1.82, 2.24) is 5.32 Å².